The van der Waals surface area contributed by atoms with Gasteiger partial charge in [-0.15, -0.1) is 0 Å². The number of benzene rings is 1. The van der Waals surface area contributed by atoms with Crippen molar-refractivity contribution in [2.45, 2.75) is 20.0 Å². The van der Waals surface area contributed by atoms with Crippen molar-refractivity contribution in [2.75, 3.05) is 6.61 Å². The van der Waals surface area contributed by atoms with Crippen molar-refractivity contribution >= 4 is 12.0 Å². The topological polar surface area (TPSA) is 52.3 Å². The maximum Gasteiger partial charge on any atom is 0.416 e. The van der Waals surface area contributed by atoms with Gasteiger partial charge < -0.3 is 10.5 Å². The van der Waals surface area contributed by atoms with Gasteiger partial charge in [0.05, 0.1) is 12.2 Å². The van der Waals surface area contributed by atoms with Crippen LogP contribution >= 0.6 is 0 Å². The Morgan fingerprint density at radius 3 is 2.11 bits per heavy atom. The first-order valence-corrected chi connectivity index (χ1v) is 5.50. The van der Waals surface area contributed by atoms with Crippen LogP contribution in [0.1, 0.15) is 25.0 Å². The normalized spacial score (nSPS) is 10.8. The molecular weight excluding hydrogens is 259 g/mol. The van der Waals surface area contributed by atoms with Crippen molar-refractivity contribution in [3.63, 3.8) is 0 Å². The molecule has 0 aliphatic rings. The first-order valence-electron chi connectivity index (χ1n) is 5.50. The molecule has 0 heterocycles. The molecule has 0 amide bonds. The summed E-state index contributed by atoms with van der Waals surface area (Å²) in [4.78, 5) is 9.82. The Kier molecular flexibility index (Phi) is 7.33. The van der Waals surface area contributed by atoms with Crippen LogP contribution < -0.4 is 5.73 Å². The summed E-state index contributed by atoms with van der Waals surface area (Å²) in [6.45, 7) is 3.65. The van der Waals surface area contributed by atoms with Gasteiger partial charge in [0.1, 0.15) is 0 Å². The van der Waals surface area contributed by atoms with E-state index in [1.54, 1.807) is 6.92 Å². The second-order valence-corrected chi connectivity index (χ2v) is 3.40. The highest BCUT2D eigenvalue weighted by molar-refractivity contribution is 5.65. The Labute approximate surface area is 109 Å². The minimum absolute atomic E-state index is 0.211. The summed E-state index contributed by atoms with van der Waals surface area (Å²) < 4.78 is 40.6. The molecule has 0 aliphatic heterocycles. The molecule has 19 heavy (non-hydrogen) atoms. The lowest BCUT2D eigenvalue weighted by Crippen LogP contribution is -2.03. The van der Waals surface area contributed by atoms with Crippen LogP contribution in [0.2, 0.25) is 0 Å². The number of nitrogens with two attached hydrogens (primary N) is 1. The van der Waals surface area contributed by atoms with Crippen LogP contribution in [0, 0.1) is 0 Å². The van der Waals surface area contributed by atoms with Crippen LogP contribution in [0.3, 0.4) is 0 Å². The maximum absolute atomic E-state index is 12.1. The zero-order valence-electron chi connectivity index (χ0n) is 10.7. The van der Waals surface area contributed by atoms with Crippen LogP contribution in [-0.2, 0) is 15.7 Å². The van der Waals surface area contributed by atoms with Gasteiger partial charge in [-0.3, -0.25) is 4.79 Å². The molecule has 0 aliphatic carbocycles. The van der Waals surface area contributed by atoms with Crippen molar-refractivity contribution in [2.24, 2.45) is 5.73 Å². The average molecular weight is 275 g/mol. The summed E-state index contributed by atoms with van der Waals surface area (Å²) in [6, 6.07) is 4.78. The Hall–Kier alpha value is -1.98. The summed E-state index contributed by atoms with van der Waals surface area (Å²) in [6.07, 6.45) is -1.46. The van der Waals surface area contributed by atoms with Crippen molar-refractivity contribution < 1.29 is 22.7 Å². The molecule has 0 aromatic heterocycles. The number of hydrogen-bond donors (Lipinski definition) is 1. The standard InChI is InChI=1S/C9H8F3N.C4H8O2/c10-9(11,12)8-3-1-7(2-4-8)5-6-13;1-3-6-4(2)5/h1-6H,13H2;3H2,1-2H3/b6-5+;. The van der Waals surface area contributed by atoms with Gasteiger partial charge >= 0.3 is 12.1 Å². The molecule has 106 valence electrons. The first-order chi connectivity index (χ1) is 8.81. The predicted molar refractivity (Wildman–Crippen MR) is 67.0 cm³/mol. The van der Waals surface area contributed by atoms with E-state index in [1.165, 1.54) is 31.3 Å². The molecule has 0 atom stereocenters. The first kappa shape index (κ1) is 17.0. The predicted octanol–water partition coefficient (Wildman–Crippen LogP) is 3.20. The van der Waals surface area contributed by atoms with E-state index >= 15 is 0 Å². The minimum Gasteiger partial charge on any atom is -0.466 e. The summed E-state index contributed by atoms with van der Waals surface area (Å²) in [5.74, 6) is -0.211. The molecule has 0 unspecified atom stereocenters. The van der Waals surface area contributed by atoms with Gasteiger partial charge in [-0.05, 0) is 36.9 Å². The van der Waals surface area contributed by atoms with Gasteiger partial charge in [-0.25, -0.2) is 0 Å². The SMILES string of the molecule is CCOC(C)=O.N/C=C/c1ccc(C(F)(F)F)cc1. The third-order valence-corrected chi connectivity index (χ3v) is 1.87. The zero-order chi connectivity index (χ0) is 14.9. The summed E-state index contributed by atoms with van der Waals surface area (Å²) in [7, 11) is 0. The Bertz CT molecular complexity index is 411. The highest BCUT2D eigenvalue weighted by Gasteiger charge is 2.29. The molecule has 1 rings (SSSR count). The zero-order valence-corrected chi connectivity index (χ0v) is 10.7. The molecule has 0 saturated heterocycles. The summed E-state index contributed by atoms with van der Waals surface area (Å²) in [5, 5.41) is 0. The van der Waals surface area contributed by atoms with Gasteiger partial charge in [0, 0.05) is 6.92 Å². The number of halogens is 3. The number of carbonyl (C=O) groups is 1. The van der Waals surface area contributed by atoms with Crippen LogP contribution in [0.4, 0.5) is 13.2 Å². The number of alkyl halides is 3. The fraction of sp³-hybridized carbons (Fsp3) is 0.308. The van der Waals surface area contributed by atoms with Gasteiger partial charge in [0.2, 0.25) is 0 Å². The van der Waals surface area contributed by atoms with Crippen molar-refractivity contribution in [3.8, 4) is 0 Å². The van der Waals surface area contributed by atoms with Crippen LogP contribution in [-0.4, -0.2) is 12.6 Å². The lowest BCUT2D eigenvalue weighted by molar-refractivity contribution is -0.140. The number of hydrogen-bond acceptors (Lipinski definition) is 3. The molecule has 0 saturated carbocycles. The van der Waals surface area contributed by atoms with E-state index in [0.29, 0.717) is 12.2 Å². The molecule has 0 bridgehead atoms. The van der Waals surface area contributed by atoms with E-state index in [0.717, 1.165) is 12.1 Å². The largest absolute Gasteiger partial charge is 0.466 e. The summed E-state index contributed by atoms with van der Waals surface area (Å²) >= 11 is 0. The molecule has 0 spiro atoms. The Morgan fingerprint density at radius 1 is 1.32 bits per heavy atom. The Balaban J connectivity index is 0.000000459. The molecule has 0 fully saturated rings. The fourth-order valence-electron chi connectivity index (χ4n) is 1.10. The average Bonchev–Trinajstić information content (AvgIpc) is 2.29. The number of rotatable bonds is 2. The minimum atomic E-state index is -4.27. The molecule has 2 N–H and O–H groups in total. The molecular formula is C13H16F3NO2. The van der Waals surface area contributed by atoms with Crippen molar-refractivity contribution in [1.82, 2.24) is 0 Å². The van der Waals surface area contributed by atoms with E-state index in [4.69, 9.17) is 5.73 Å². The molecule has 6 heteroatoms. The van der Waals surface area contributed by atoms with Crippen LogP contribution in [0.25, 0.3) is 6.08 Å². The number of carbonyl (C=O) groups excluding carboxylic acids is 1. The quantitative estimate of drug-likeness (QED) is 0.843. The lowest BCUT2D eigenvalue weighted by Gasteiger charge is -2.05. The van der Waals surface area contributed by atoms with E-state index in [1.807, 2.05) is 0 Å². The number of ether oxygens (including phenoxy) is 1. The van der Waals surface area contributed by atoms with Gasteiger partial charge in [0.15, 0.2) is 0 Å². The smallest absolute Gasteiger partial charge is 0.416 e. The highest BCUT2D eigenvalue weighted by Crippen LogP contribution is 2.29. The Morgan fingerprint density at radius 2 is 1.84 bits per heavy atom. The molecule has 3 nitrogen and oxygen atoms in total. The summed E-state index contributed by atoms with van der Waals surface area (Å²) in [5.41, 5.74) is 5.08. The highest BCUT2D eigenvalue weighted by atomic mass is 19.4. The molecule has 0 radical (unpaired) electrons. The van der Waals surface area contributed by atoms with E-state index in [-0.39, 0.29) is 5.97 Å². The second kappa shape index (κ2) is 8.18. The van der Waals surface area contributed by atoms with E-state index in [9.17, 15) is 18.0 Å². The van der Waals surface area contributed by atoms with Crippen molar-refractivity contribution in [1.29, 1.82) is 0 Å². The van der Waals surface area contributed by atoms with Crippen molar-refractivity contribution in [3.05, 3.63) is 41.6 Å². The van der Waals surface area contributed by atoms with Gasteiger partial charge in [0.25, 0.3) is 0 Å². The maximum atomic E-state index is 12.1. The van der Waals surface area contributed by atoms with Gasteiger partial charge in [-0.1, -0.05) is 12.1 Å². The fourth-order valence-corrected chi connectivity index (χ4v) is 1.10. The van der Waals surface area contributed by atoms with Crippen LogP contribution in [0.5, 0.6) is 0 Å². The second-order valence-electron chi connectivity index (χ2n) is 3.40. The van der Waals surface area contributed by atoms with Gasteiger partial charge in [-0.2, -0.15) is 13.2 Å². The third kappa shape index (κ3) is 7.86. The van der Waals surface area contributed by atoms with E-state index < -0.39 is 11.7 Å². The lowest BCUT2D eigenvalue weighted by atomic mass is 10.1. The van der Waals surface area contributed by atoms with Crippen LogP contribution in [0.15, 0.2) is 30.5 Å². The third-order valence-electron chi connectivity index (χ3n) is 1.87. The molecule has 1 aromatic rings. The number of esters is 1. The molecule has 1 aromatic carbocycles. The monoisotopic (exact) mass is 275 g/mol. The van der Waals surface area contributed by atoms with E-state index in [2.05, 4.69) is 4.74 Å².